The molecule has 0 spiro atoms. The van der Waals surface area contributed by atoms with Crippen LogP contribution in [0.4, 0.5) is 4.39 Å². The molecule has 21 heavy (non-hydrogen) atoms. The fraction of sp³-hybridized carbons (Fsp3) is 0.684. The van der Waals surface area contributed by atoms with Crippen LogP contribution in [0.1, 0.15) is 52.5 Å². The molecule has 0 aliphatic heterocycles. The van der Waals surface area contributed by atoms with E-state index < -0.39 is 0 Å². The molecule has 0 aliphatic rings. The molecule has 1 nitrogen and oxygen atoms in total. The molecular weight excluding hydrogens is 261 g/mol. The Morgan fingerprint density at radius 3 is 2.38 bits per heavy atom. The summed E-state index contributed by atoms with van der Waals surface area (Å²) in [6.07, 6.45) is 4.74. The molecular formula is C19H32FN. The molecule has 2 heteroatoms. The van der Waals surface area contributed by atoms with Crippen LogP contribution in [0.2, 0.25) is 0 Å². The first-order valence-corrected chi connectivity index (χ1v) is 8.42. The molecule has 1 atom stereocenters. The van der Waals surface area contributed by atoms with Crippen molar-refractivity contribution in [3.05, 3.63) is 35.6 Å². The summed E-state index contributed by atoms with van der Waals surface area (Å²) in [4.78, 5) is 0. The first kappa shape index (κ1) is 18.2. The van der Waals surface area contributed by atoms with Crippen molar-refractivity contribution in [1.82, 2.24) is 5.32 Å². The maximum Gasteiger partial charge on any atom is 0.123 e. The number of rotatable bonds is 10. The fourth-order valence-corrected chi connectivity index (χ4v) is 2.66. The molecule has 1 aromatic carbocycles. The van der Waals surface area contributed by atoms with E-state index >= 15 is 0 Å². The minimum atomic E-state index is -0.122. The molecule has 1 aromatic rings. The maximum absolute atomic E-state index is 13.3. The highest BCUT2D eigenvalue weighted by atomic mass is 19.1. The van der Waals surface area contributed by atoms with Crippen molar-refractivity contribution in [1.29, 1.82) is 0 Å². The summed E-state index contributed by atoms with van der Waals surface area (Å²) >= 11 is 0. The molecule has 120 valence electrons. The van der Waals surface area contributed by atoms with Crippen LogP contribution >= 0.6 is 0 Å². The highest BCUT2D eigenvalue weighted by molar-refractivity contribution is 5.16. The van der Waals surface area contributed by atoms with E-state index in [2.05, 4.69) is 33.0 Å². The molecule has 1 rings (SSSR count). The summed E-state index contributed by atoms with van der Waals surface area (Å²) in [5.74, 6) is 1.92. The van der Waals surface area contributed by atoms with Crippen LogP contribution in [0.3, 0.4) is 0 Å². The average Bonchev–Trinajstić information content (AvgIpc) is 2.37. The van der Waals surface area contributed by atoms with Crippen LogP contribution in [0, 0.1) is 23.6 Å². The second-order valence-electron chi connectivity index (χ2n) is 7.08. The van der Waals surface area contributed by atoms with Gasteiger partial charge in [0.05, 0.1) is 0 Å². The van der Waals surface area contributed by atoms with Crippen molar-refractivity contribution < 1.29 is 4.39 Å². The summed E-state index contributed by atoms with van der Waals surface area (Å²) < 4.78 is 13.3. The van der Waals surface area contributed by atoms with E-state index in [1.807, 2.05) is 12.1 Å². The molecule has 1 unspecified atom stereocenters. The van der Waals surface area contributed by atoms with Gasteiger partial charge in [-0.25, -0.2) is 4.39 Å². The van der Waals surface area contributed by atoms with E-state index in [1.165, 1.54) is 25.3 Å². The van der Waals surface area contributed by atoms with Crippen molar-refractivity contribution in [3.8, 4) is 0 Å². The highest BCUT2D eigenvalue weighted by Crippen LogP contribution is 2.18. The van der Waals surface area contributed by atoms with Gasteiger partial charge in [0.2, 0.25) is 0 Å². The average molecular weight is 293 g/mol. The lowest BCUT2D eigenvalue weighted by molar-refractivity contribution is 0.395. The Morgan fingerprint density at radius 2 is 1.76 bits per heavy atom. The molecule has 0 saturated heterocycles. The van der Waals surface area contributed by atoms with Gasteiger partial charge in [-0.1, -0.05) is 52.7 Å². The van der Waals surface area contributed by atoms with Crippen LogP contribution in [0.15, 0.2) is 24.3 Å². The van der Waals surface area contributed by atoms with Crippen molar-refractivity contribution in [2.75, 3.05) is 13.1 Å². The molecule has 0 aromatic heterocycles. The van der Waals surface area contributed by atoms with Gasteiger partial charge in [-0.2, -0.15) is 0 Å². The van der Waals surface area contributed by atoms with Crippen molar-refractivity contribution in [3.63, 3.8) is 0 Å². The molecule has 0 saturated carbocycles. The van der Waals surface area contributed by atoms with Crippen molar-refractivity contribution >= 4 is 0 Å². The summed E-state index contributed by atoms with van der Waals surface area (Å²) in [6.45, 7) is 11.1. The van der Waals surface area contributed by atoms with Gasteiger partial charge >= 0.3 is 0 Å². The Morgan fingerprint density at radius 1 is 1.00 bits per heavy atom. The maximum atomic E-state index is 13.3. The van der Waals surface area contributed by atoms with Gasteiger partial charge in [0, 0.05) is 0 Å². The standard InChI is InChI=1S/C19H32FN/c1-15(2)7-5-9-18(14-21-13-16(3)4)11-17-8-6-10-19(20)12-17/h6,8,10,12,15-16,18,21H,5,7,9,11,13-14H2,1-4H3. The van der Waals surface area contributed by atoms with Gasteiger partial charge in [-0.3, -0.25) is 0 Å². The molecule has 0 amide bonds. The predicted octanol–water partition coefficient (Wildman–Crippen LogP) is 5.06. The van der Waals surface area contributed by atoms with E-state index in [0.717, 1.165) is 31.0 Å². The number of hydrogen-bond acceptors (Lipinski definition) is 1. The smallest absolute Gasteiger partial charge is 0.123 e. The van der Waals surface area contributed by atoms with Crippen molar-refractivity contribution in [2.45, 2.75) is 53.4 Å². The summed E-state index contributed by atoms with van der Waals surface area (Å²) in [6, 6.07) is 7.06. The van der Waals surface area contributed by atoms with E-state index in [1.54, 1.807) is 6.07 Å². The van der Waals surface area contributed by atoms with Crippen LogP contribution in [0.5, 0.6) is 0 Å². The normalized spacial score (nSPS) is 13.1. The minimum Gasteiger partial charge on any atom is -0.316 e. The first-order chi connectivity index (χ1) is 9.97. The molecule has 1 N–H and O–H groups in total. The molecule has 0 bridgehead atoms. The predicted molar refractivity (Wildman–Crippen MR) is 90.0 cm³/mol. The molecule has 0 radical (unpaired) electrons. The zero-order valence-electron chi connectivity index (χ0n) is 14.2. The zero-order chi connectivity index (χ0) is 15.7. The quantitative estimate of drug-likeness (QED) is 0.636. The Kier molecular flexibility index (Phi) is 8.60. The summed E-state index contributed by atoms with van der Waals surface area (Å²) in [5.41, 5.74) is 1.12. The Labute approximate surface area is 130 Å². The summed E-state index contributed by atoms with van der Waals surface area (Å²) in [5, 5.41) is 3.56. The lowest BCUT2D eigenvalue weighted by Crippen LogP contribution is -2.27. The Hall–Kier alpha value is -0.890. The second kappa shape index (κ2) is 9.94. The third-order valence-electron chi connectivity index (χ3n) is 3.79. The molecule has 0 heterocycles. The monoisotopic (exact) mass is 293 g/mol. The van der Waals surface area contributed by atoms with Gasteiger partial charge in [-0.15, -0.1) is 0 Å². The Bertz CT molecular complexity index is 373. The van der Waals surface area contributed by atoms with Gasteiger partial charge in [-0.05, 0) is 61.4 Å². The third-order valence-corrected chi connectivity index (χ3v) is 3.79. The number of nitrogens with one attached hydrogen (secondary N) is 1. The van der Waals surface area contributed by atoms with E-state index in [-0.39, 0.29) is 5.82 Å². The van der Waals surface area contributed by atoms with E-state index in [9.17, 15) is 4.39 Å². The van der Waals surface area contributed by atoms with Gasteiger partial charge < -0.3 is 5.32 Å². The van der Waals surface area contributed by atoms with Crippen LogP contribution in [-0.2, 0) is 6.42 Å². The van der Waals surface area contributed by atoms with Gasteiger partial charge in [0.15, 0.2) is 0 Å². The largest absolute Gasteiger partial charge is 0.316 e. The van der Waals surface area contributed by atoms with Crippen molar-refractivity contribution in [2.24, 2.45) is 17.8 Å². The first-order valence-electron chi connectivity index (χ1n) is 8.42. The number of halogens is 1. The van der Waals surface area contributed by atoms with E-state index in [0.29, 0.717) is 11.8 Å². The number of hydrogen-bond donors (Lipinski definition) is 1. The number of benzene rings is 1. The highest BCUT2D eigenvalue weighted by Gasteiger charge is 2.11. The van der Waals surface area contributed by atoms with Gasteiger partial charge in [0.1, 0.15) is 5.82 Å². The zero-order valence-corrected chi connectivity index (χ0v) is 14.2. The van der Waals surface area contributed by atoms with E-state index in [4.69, 9.17) is 0 Å². The minimum absolute atomic E-state index is 0.122. The lowest BCUT2D eigenvalue weighted by Gasteiger charge is -2.19. The molecule has 0 aliphatic carbocycles. The lowest BCUT2D eigenvalue weighted by atomic mass is 9.92. The topological polar surface area (TPSA) is 12.0 Å². The Balaban J connectivity index is 2.49. The van der Waals surface area contributed by atoms with Gasteiger partial charge in [0.25, 0.3) is 0 Å². The van der Waals surface area contributed by atoms with Crippen LogP contribution in [0.25, 0.3) is 0 Å². The molecule has 0 fully saturated rings. The fourth-order valence-electron chi connectivity index (χ4n) is 2.66. The van der Waals surface area contributed by atoms with Crippen LogP contribution in [-0.4, -0.2) is 13.1 Å². The van der Waals surface area contributed by atoms with Crippen LogP contribution < -0.4 is 5.32 Å². The second-order valence-corrected chi connectivity index (χ2v) is 7.08. The SMILES string of the molecule is CC(C)CCCC(CNCC(C)C)Cc1cccc(F)c1. The summed E-state index contributed by atoms with van der Waals surface area (Å²) in [7, 11) is 0. The third kappa shape index (κ3) is 8.87.